The SMILES string of the molecule is CC(=O)CSc1ncc(C)n1-c1ccc(N(C)C)c2ccccc12. The number of hydrogen-bond donors (Lipinski definition) is 0. The first-order valence-corrected chi connectivity index (χ1v) is 8.83. The van der Waals surface area contributed by atoms with Crippen molar-refractivity contribution in [2.24, 2.45) is 0 Å². The molecule has 0 radical (unpaired) electrons. The summed E-state index contributed by atoms with van der Waals surface area (Å²) in [6.45, 7) is 3.65. The number of thioether (sulfide) groups is 1. The van der Waals surface area contributed by atoms with Gasteiger partial charge in [0.25, 0.3) is 0 Å². The van der Waals surface area contributed by atoms with Crippen molar-refractivity contribution in [2.45, 2.75) is 19.0 Å². The fourth-order valence-electron chi connectivity index (χ4n) is 2.83. The van der Waals surface area contributed by atoms with Crippen molar-refractivity contribution in [1.29, 1.82) is 0 Å². The molecule has 0 amide bonds. The molecule has 0 aliphatic carbocycles. The maximum atomic E-state index is 11.3. The van der Waals surface area contributed by atoms with Crippen LogP contribution >= 0.6 is 11.8 Å². The molecule has 0 saturated heterocycles. The van der Waals surface area contributed by atoms with Crippen molar-refractivity contribution in [3.05, 3.63) is 48.3 Å². The zero-order valence-electron chi connectivity index (χ0n) is 14.4. The maximum Gasteiger partial charge on any atom is 0.173 e. The van der Waals surface area contributed by atoms with E-state index in [-0.39, 0.29) is 5.78 Å². The van der Waals surface area contributed by atoms with E-state index in [1.54, 1.807) is 6.92 Å². The van der Waals surface area contributed by atoms with Gasteiger partial charge in [-0.2, -0.15) is 0 Å². The number of carbonyl (C=O) groups excluding carboxylic acids is 1. The predicted octanol–water partition coefficient (Wildman–Crippen LogP) is 4.08. The third kappa shape index (κ3) is 3.04. The highest BCUT2D eigenvalue weighted by atomic mass is 32.2. The molecule has 0 bridgehead atoms. The van der Waals surface area contributed by atoms with Crippen LogP contribution in [0.25, 0.3) is 16.5 Å². The van der Waals surface area contributed by atoms with E-state index in [0.29, 0.717) is 5.75 Å². The number of Topliss-reactive ketones (excluding diaryl/α,β-unsaturated/α-hetero) is 1. The monoisotopic (exact) mass is 339 g/mol. The second kappa shape index (κ2) is 6.69. The van der Waals surface area contributed by atoms with Gasteiger partial charge in [0.2, 0.25) is 0 Å². The Morgan fingerprint density at radius 3 is 2.54 bits per heavy atom. The quantitative estimate of drug-likeness (QED) is 0.657. The number of imidazole rings is 1. The molecule has 124 valence electrons. The Morgan fingerprint density at radius 2 is 1.88 bits per heavy atom. The first-order valence-electron chi connectivity index (χ1n) is 7.85. The van der Waals surface area contributed by atoms with Crippen LogP contribution in [0.5, 0.6) is 0 Å². The third-order valence-electron chi connectivity index (χ3n) is 3.91. The van der Waals surface area contributed by atoms with Crippen LogP contribution < -0.4 is 4.90 Å². The summed E-state index contributed by atoms with van der Waals surface area (Å²) in [5.74, 6) is 0.587. The Bertz CT molecular complexity index is 899. The molecule has 2 aromatic carbocycles. The van der Waals surface area contributed by atoms with E-state index in [9.17, 15) is 4.79 Å². The van der Waals surface area contributed by atoms with E-state index < -0.39 is 0 Å². The minimum absolute atomic E-state index is 0.153. The molecule has 0 aliphatic heterocycles. The zero-order chi connectivity index (χ0) is 17.3. The number of aromatic nitrogens is 2. The summed E-state index contributed by atoms with van der Waals surface area (Å²) in [5.41, 5.74) is 3.34. The lowest BCUT2D eigenvalue weighted by Crippen LogP contribution is -2.10. The standard InChI is InChI=1S/C19H21N3OS/c1-13-11-20-19(24-12-14(2)23)22(13)18-10-9-17(21(3)4)15-7-5-6-8-16(15)18/h5-11H,12H2,1-4H3. The molecule has 5 heteroatoms. The fourth-order valence-corrected chi connectivity index (χ4v) is 3.66. The highest BCUT2D eigenvalue weighted by Gasteiger charge is 2.14. The van der Waals surface area contributed by atoms with Crippen LogP contribution in [0, 0.1) is 6.92 Å². The molecule has 3 aromatic rings. The van der Waals surface area contributed by atoms with Crippen molar-refractivity contribution in [2.75, 3.05) is 24.7 Å². The molecule has 1 heterocycles. The van der Waals surface area contributed by atoms with E-state index in [2.05, 4.69) is 64.9 Å². The number of ketones is 1. The molecule has 4 nitrogen and oxygen atoms in total. The zero-order valence-corrected chi connectivity index (χ0v) is 15.2. The second-order valence-electron chi connectivity index (χ2n) is 6.05. The number of rotatable bonds is 5. The molecular formula is C19H21N3OS. The van der Waals surface area contributed by atoms with Crippen molar-refractivity contribution in [3.8, 4) is 5.69 Å². The molecule has 0 aliphatic rings. The van der Waals surface area contributed by atoms with Gasteiger partial charge in [-0.25, -0.2) is 4.98 Å². The van der Waals surface area contributed by atoms with E-state index in [1.165, 1.54) is 28.2 Å². The van der Waals surface area contributed by atoms with Crippen LogP contribution in [-0.2, 0) is 4.79 Å². The summed E-state index contributed by atoms with van der Waals surface area (Å²) in [7, 11) is 4.11. The van der Waals surface area contributed by atoms with Gasteiger partial charge in [0, 0.05) is 42.4 Å². The molecule has 3 rings (SSSR count). The van der Waals surface area contributed by atoms with Gasteiger partial charge in [0.05, 0.1) is 11.4 Å². The van der Waals surface area contributed by atoms with Gasteiger partial charge in [-0.3, -0.25) is 9.36 Å². The lowest BCUT2D eigenvalue weighted by Gasteiger charge is -2.19. The van der Waals surface area contributed by atoms with Gasteiger partial charge in [-0.05, 0) is 26.0 Å². The summed E-state index contributed by atoms with van der Waals surface area (Å²) < 4.78 is 2.13. The Balaban J connectivity index is 2.19. The second-order valence-corrected chi connectivity index (χ2v) is 6.99. The van der Waals surface area contributed by atoms with Crippen LogP contribution in [0.4, 0.5) is 5.69 Å². The first kappa shape index (κ1) is 16.6. The van der Waals surface area contributed by atoms with Crippen LogP contribution in [0.3, 0.4) is 0 Å². The van der Waals surface area contributed by atoms with Crippen LogP contribution in [0.1, 0.15) is 12.6 Å². The maximum absolute atomic E-state index is 11.3. The summed E-state index contributed by atoms with van der Waals surface area (Å²) in [6, 6.07) is 12.7. The van der Waals surface area contributed by atoms with Gasteiger partial charge in [-0.1, -0.05) is 36.0 Å². The van der Waals surface area contributed by atoms with Crippen molar-refractivity contribution >= 4 is 34.0 Å². The molecule has 0 atom stereocenters. The molecule has 0 N–H and O–H groups in total. The predicted molar refractivity (Wildman–Crippen MR) is 102 cm³/mol. The largest absolute Gasteiger partial charge is 0.377 e. The lowest BCUT2D eigenvalue weighted by atomic mass is 10.1. The number of fused-ring (bicyclic) bond motifs is 1. The van der Waals surface area contributed by atoms with Crippen LogP contribution in [0.15, 0.2) is 47.8 Å². The van der Waals surface area contributed by atoms with Gasteiger partial charge >= 0.3 is 0 Å². The highest BCUT2D eigenvalue weighted by molar-refractivity contribution is 7.99. The number of aryl methyl sites for hydroxylation is 1. The minimum Gasteiger partial charge on any atom is -0.377 e. The molecule has 1 aromatic heterocycles. The van der Waals surface area contributed by atoms with E-state index >= 15 is 0 Å². The van der Waals surface area contributed by atoms with Crippen molar-refractivity contribution in [3.63, 3.8) is 0 Å². The Hall–Kier alpha value is -2.27. The first-order chi connectivity index (χ1) is 11.5. The normalized spacial score (nSPS) is 11.0. The molecular weight excluding hydrogens is 318 g/mol. The van der Waals surface area contributed by atoms with Gasteiger partial charge in [0.1, 0.15) is 5.78 Å². The van der Waals surface area contributed by atoms with Gasteiger partial charge in [0.15, 0.2) is 5.16 Å². The summed E-state index contributed by atoms with van der Waals surface area (Å²) in [4.78, 5) is 18.0. The number of hydrogen-bond acceptors (Lipinski definition) is 4. The molecule has 0 saturated carbocycles. The highest BCUT2D eigenvalue weighted by Crippen LogP contribution is 2.33. The Morgan fingerprint density at radius 1 is 1.17 bits per heavy atom. The minimum atomic E-state index is 0.153. The van der Waals surface area contributed by atoms with E-state index in [0.717, 1.165) is 16.5 Å². The van der Waals surface area contributed by atoms with E-state index in [4.69, 9.17) is 0 Å². The molecule has 0 unspecified atom stereocenters. The summed E-state index contributed by atoms with van der Waals surface area (Å²) in [6.07, 6.45) is 1.86. The topological polar surface area (TPSA) is 38.1 Å². The molecule has 0 fully saturated rings. The number of benzene rings is 2. The van der Waals surface area contributed by atoms with Crippen LogP contribution in [-0.4, -0.2) is 35.2 Å². The number of carbonyl (C=O) groups is 1. The average molecular weight is 339 g/mol. The Labute approximate surface area is 146 Å². The van der Waals surface area contributed by atoms with Crippen LogP contribution in [0.2, 0.25) is 0 Å². The van der Waals surface area contributed by atoms with Gasteiger partial charge in [-0.15, -0.1) is 0 Å². The van der Waals surface area contributed by atoms with Crippen molar-refractivity contribution in [1.82, 2.24) is 9.55 Å². The van der Waals surface area contributed by atoms with Crippen molar-refractivity contribution < 1.29 is 4.79 Å². The third-order valence-corrected chi connectivity index (χ3v) is 5.01. The average Bonchev–Trinajstić information content (AvgIpc) is 2.92. The smallest absolute Gasteiger partial charge is 0.173 e. The molecule has 0 spiro atoms. The summed E-state index contributed by atoms with van der Waals surface area (Å²) in [5, 5.41) is 3.23. The van der Waals surface area contributed by atoms with Gasteiger partial charge < -0.3 is 4.90 Å². The number of anilines is 1. The fraction of sp³-hybridized carbons (Fsp3) is 0.263. The Kier molecular flexibility index (Phi) is 4.62. The van der Waals surface area contributed by atoms with E-state index in [1.807, 2.05) is 13.1 Å². The molecule has 24 heavy (non-hydrogen) atoms. The summed E-state index contributed by atoms with van der Waals surface area (Å²) >= 11 is 1.48. The number of nitrogens with zero attached hydrogens (tertiary/aromatic N) is 3. The lowest BCUT2D eigenvalue weighted by molar-refractivity contribution is -0.114.